The lowest BCUT2D eigenvalue weighted by Crippen LogP contribution is -2.50. The number of nitrogens with zero attached hydrogens (tertiary/aromatic N) is 1. The van der Waals surface area contributed by atoms with Gasteiger partial charge in [0.05, 0.1) is 6.04 Å². The van der Waals surface area contributed by atoms with Crippen molar-refractivity contribution in [1.82, 2.24) is 9.62 Å². The largest absolute Gasteiger partial charge is 0.598 e. The molecule has 1 spiro atoms. The highest BCUT2D eigenvalue weighted by Gasteiger charge is 2.50. The van der Waals surface area contributed by atoms with Gasteiger partial charge in [0.2, 0.25) is 0 Å². The zero-order chi connectivity index (χ0) is 17.5. The van der Waals surface area contributed by atoms with Gasteiger partial charge in [-0.3, -0.25) is 0 Å². The van der Waals surface area contributed by atoms with Crippen molar-refractivity contribution in [2.75, 3.05) is 13.1 Å². The van der Waals surface area contributed by atoms with Crippen LogP contribution in [-0.4, -0.2) is 38.5 Å². The molecule has 1 amide bonds. The third kappa shape index (κ3) is 3.15. The number of hydrogen-bond donors (Lipinski definition) is 2. The van der Waals surface area contributed by atoms with Crippen LogP contribution in [0.25, 0.3) is 0 Å². The van der Waals surface area contributed by atoms with Crippen LogP contribution in [0.15, 0.2) is 24.3 Å². The number of likely N-dealkylation sites (tertiary alicyclic amines) is 1. The van der Waals surface area contributed by atoms with Crippen LogP contribution in [0.4, 0.5) is 4.79 Å². The molecule has 1 aromatic carbocycles. The standard InChI is InChI=1S/C18H26N2O3S/c1-17(2,3)24(23)19-15-14-7-5-4-6-13(14)12-18(15)8-10-20(11-9-18)16(21)22/h4-7,15,19H,8-12H2,1-3H3,(H,21,22)/t15?,24-/m1/s1. The van der Waals surface area contributed by atoms with Crippen LogP contribution in [0.2, 0.25) is 0 Å². The van der Waals surface area contributed by atoms with E-state index in [1.807, 2.05) is 32.9 Å². The average Bonchev–Trinajstić information content (AvgIpc) is 2.80. The Hall–Kier alpha value is -1.24. The van der Waals surface area contributed by atoms with Crippen LogP contribution in [0.1, 0.15) is 50.8 Å². The summed E-state index contributed by atoms with van der Waals surface area (Å²) in [5, 5.41) is 9.22. The molecule has 1 saturated heterocycles. The second-order valence-electron chi connectivity index (χ2n) is 7.94. The summed E-state index contributed by atoms with van der Waals surface area (Å²) in [7, 11) is 0. The van der Waals surface area contributed by atoms with Crippen molar-refractivity contribution < 1.29 is 14.5 Å². The fraction of sp³-hybridized carbons (Fsp3) is 0.611. The molecule has 3 rings (SSSR count). The molecule has 1 fully saturated rings. The van der Waals surface area contributed by atoms with Gasteiger partial charge in [-0.2, -0.15) is 0 Å². The van der Waals surface area contributed by atoms with Crippen LogP contribution in [0.5, 0.6) is 0 Å². The maximum absolute atomic E-state index is 12.7. The van der Waals surface area contributed by atoms with Gasteiger partial charge in [0.15, 0.2) is 0 Å². The van der Waals surface area contributed by atoms with Crippen molar-refractivity contribution in [3.63, 3.8) is 0 Å². The Kier molecular flexibility index (Phi) is 4.57. The van der Waals surface area contributed by atoms with Gasteiger partial charge in [0, 0.05) is 29.9 Å². The molecule has 1 heterocycles. The second-order valence-corrected chi connectivity index (χ2v) is 9.94. The van der Waals surface area contributed by atoms with Crippen LogP contribution >= 0.6 is 0 Å². The molecular weight excluding hydrogens is 324 g/mol. The van der Waals surface area contributed by atoms with Crippen molar-refractivity contribution in [2.24, 2.45) is 5.41 Å². The number of carbonyl (C=O) groups is 1. The van der Waals surface area contributed by atoms with E-state index >= 15 is 0 Å². The summed E-state index contributed by atoms with van der Waals surface area (Å²) >= 11 is -1.16. The van der Waals surface area contributed by atoms with E-state index in [0.717, 1.165) is 19.3 Å². The number of benzene rings is 1. The smallest absolute Gasteiger partial charge is 0.407 e. The Morgan fingerprint density at radius 3 is 2.54 bits per heavy atom. The summed E-state index contributed by atoms with van der Waals surface area (Å²) < 4.78 is 15.8. The molecule has 1 aliphatic carbocycles. The van der Waals surface area contributed by atoms with Crippen LogP contribution < -0.4 is 4.72 Å². The number of rotatable bonds is 2. The first kappa shape index (κ1) is 17.6. The summed E-state index contributed by atoms with van der Waals surface area (Å²) in [4.78, 5) is 12.7. The summed E-state index contributed by atoms with van der Waals surface area (Å²) in [6.45, 7) is 7.00. The van der Waals surface area contributed by atoms with Crippen molar-refractivity contribution >= 4 is 17.5 Å². The van der Waals surface area contributed by atoms with Gasteiger partial charge in [-0.05, 0) is 51.2 Å². The molecular formula is C18H26N2O3S. The lowest BCUT2D eigenvalue weighted by Gasteiger charge is -2.43. The molecule has 2 atom stereocenters. The molecule has 1 aromatic rings. The lowest BCUT2D eigenvalue weighted by atomic mass is 9.73. The first-order valence-electron chi connectivity index (χ1n) is 8.47. The maximum atomic E-state index is 12.7. The number of piperidine rings is 1. The predicted octanol–water partition coefficient (Wildman–Crippen LogP) is 3.10. The van der Waals surface area contributed by atoms with Crippen molar-refractivity contribution in [3.05, 3.63) is 35.4 Å². The third-order valence-electron chi connectivity index (χ3n) is 5.33. The molecule has 0 radical (unpaired) electrons. The van der Waals surface area contributed by atoms with E-state index < -0.39 is 17.5 Å². The predicted molar refractivity (Wildman–Crippen MR) is 95.2 cm³/mol. The van der Waals surface area contributed by atoms with E-state index in [1.54, 1.807) is 0 Å². The average molecular weight is 350 g/mol. The molecule has 132 valence electrons. The summed E-state index contributed by atoms with van der Waals surface area (Å²) in [5.74, 6) is 0. The molecule has 2 N–H and O–H groups in total. The van der Waals surface area contributed by atoms with E-state index in [0.29, 0.717) is 13.1 Å². The molecule has 24 heavy (non-hydrogen) atoms. The van der Waals surface area contributed by atoms with E-state index in [1.165, 1.54) is 16.0 Å². The van der Waals surface area contributed by atoms with Crippen LogP contribution in [-0.2, 0) is 17.8 Å². The molecule has 0 aromatic heterocycles. The fourth-order valence-corrected chi connectivity index (χ4v) is 4.81. The highest BCUT2D eigenvalue weighted by molar-refractivity contribution is 7.90. The van der Waals surface area contributed by atoms with Gasteiger partial charge in [-0.1, -0.05) is 24.3 Å². The Bertz CT molecular complexity index is 621. The monoisotopic (exact) mass is 350 g/mol. The minimum Gasteiger partial charge on any atom is -0.598 e. The molecule has 1 aliphatic heterocycles. The number of nitrogens with one attached hydrogen (secondary N) is 1. The van der Waals surface area contributed by atoms with Crippen LogP contribution in [0, 0.1) is 5.41 Å². The number of fused-ring (bicyclic) bond motifs is 1. The number of amides is 1. The van der Waals surface area contributed by atoms with E-state index in [4.69, 9.17) is 0 Å². The third-order valence-corrected chi connectivity index (χ3v) is 6.89. The van der Waals surface area contributed by atoms with Gasteiger partial charge >= 0.3 is 6.09 Å². The molecule has 6 heteroatoms. The fourth-order valence-electron chi connectivity index (χ4n) is 3.87. The highest BCUT2D eigenvalue weighted by atomic mass is 32.2. The van der Waals surface area contributed by atoms with Gasteiger partial charge in [-0.25, -0.2) is 4.79 Å². The summed E-state index contributed by atoms with van der Waals surface area (Å²) in [5.41, 5.74) is 2.47. The van der Waals surface area contributed by atoms with E-state index in [-0.39, 0.29) is 16.2 Å². The molecule has 0 bridgehead atoms. The van der Waals surface area contributed by atoms with Gasteiger partial charge < -0.3 is 14.6 Å². The first-order chi connectivity index (χ1) is 11.2. The topological polar surface area (TPSA) is 75.6 Å². The minimum absolute atomic E-state index is 0.0182. The molecule has 2 aliphatic rings. The van der Waals surface area contributed by atoms with Crippen molar-refractivity contribution in [1.29, 1.82) is 0 Å². The Balaban J connectivity index is 1.87. The van der Waals surface area contributed by atoms with Crippen molar-refractivity contribution in [3.8, 4) is 0 Å². The summed E-state index contributed by atoms with van der Waals surface area (Å²) in [6, 6.07) is 8.35. The van der Waals surface area contributed by atoms with E-state index in [9.17, 15) is 14.5 Å². The zero-order valence-corrected chi connectivity index (χ0v) is 15.4. The van der Waals surface area contributed by atoms with E-state index in [2.05, 4.69) is 16.9 Å². The second kappa shape index (κ2) is 6.24. The summed E-state index contributed by atoms with van der Waals surface area (Å²) in [6.07, 6.45) is 1.68. The molecule has 1 unspecified atom stereocenters. The van der Waals surface area contributed by atoms with Crippen molar-refractivity contribution in [2.45, 2.75) is 50.8 Å². The highest BCUT2D eigenvalue weighted by Crippen LogP contribution is 2.52. The number of carboxylic acid groups (broad SMARTS) is 1. The van der Waals surface area contributed by atoms with Gasteiger partial charge in [-0.15, -0.1) is 4.72 Å². The normalized spacial score (nSPS) is 24.0. The Morgan fingerprint density at radius 1 is 1.33 bits per heavy atom. The Labute approximate surface area is 146 Å². The van der Waals surface area contributed by atoms with Gasteiger partial charge in [0.25, 0.3) is 0 Å². The minimum atomic E-state index is -1.16. The molecule has 5 nitrogen and oxygen atoms in total. The SMILES string of the molecule is CC(C)(C)[S@@+]([O-])NC1c2ccccc2CC12CCN(C(=O)O)CC2. The number of hydrogen-bond acceptors (Lipinski definition) is 3. The molecule has 0 saturated carbocycles. The zero-order valence-electron chi connectivity index (χ0n) is 14.5. The first-order valence-corrected chi connectivity index (χ1v) is 9.62. The van der Waals surface area contributed by atoms with Gasteiger partial charge in [0.1, 0.15) is 4.75 Å². The van der Waals surface area contributed by atoms with Crippen LogP contribution in [0.3, 0.4) is 0 Å². The lowest BCUT2D eigenvalue weighted by molar-refractivity contribution is 0.0764. The maximum Gasteiger partial charge on any atom is 0.407 e. The quantitative estimate of drug-likeness (QED) is 0.804. The Morgan fingerprint density at radius 2 is 1.96 bits per heavy atom.